The minimum absolute atomic E-state index is 0.0938. The van der Waals surface area contributed by atoms with Gasteiger partial charge in [0.1, 0.15) is 48.8 Å². The van der Waals surface area contributed by atoms with E-state index in [0.717, 1.165) is 0 Å². The molecule has 0 aromatic carbocycles. The van der Waals surface area contributed by atoms with E-state index < -0.39 is 123 Å². The highest BCUT2D eigenvalue weighted by atomic mass is 16.8. The second-order valence-corrected chi connectivity index (χ2v) is 12.0. The summed E-state index contributed by atoms with van der Waals surface area (Å²) in [5.41, 5.74) is 30.3. The molecule has 0 aromatic heterocycles. The molecule has 4 aliphatic rings. The summed E-state index contributed by atoms with van der Waals surface area (Å²) in [6.45, 7) is 2.59. The van der Waals surface area contributed by atoms with E-state index in [1.807, 2.05) is 0 Å². The van der Waals surface area contributed by atoms with Crippen molar-refractivity contribution in [2.24, 2.45) is 34.6 Å². The smallest absolute Gasteiger partial charge is 0.187 e. The zero-order valence-corrected chi connectivity index (χ0v) is 23.8. The van der Waals surface area contributed by atoms with Crippen LogP contribution in [0.3, 0.4) is 0 Å². The van der Waals surface area contributed by atoms with Crippen LogP contribution in [0.4, 0.5) is 0 Å². The highest BCUT2D eigenvalue weighted by molar-refractivity contribution is 5.01. The van der Waals surface area contributed by atoms with Gasteiger partial charge in [-0.2, -0.15) is 0 Å². The van der Waals surface area contributed by atoms with Gasteiger partial charge in [0.2, 0.25) is 0 Å². The fraction of sp³-hybridized carbons (Fsp3) is 1.00. The number of ether oxygens (including phenoxy) is 6. The van der Waals surface area contributed by atoms with Crippen LogP contribution in [0.15, 0.2) is 0 Å². The molecular formula is C25H49N5O12. The second-order valence-electron chi connectivity index (χ2n) is 12.0. The molecule has 4 rings (SSSR count). The van der Waals surface area contributed by atoms with Gasteiger partial charge in [0.05, 0.1) is 31.0 Å². The Labute approximate surface area is 244 Å². The first-order valence-electron chi connectivity index (χ1n) is 14.4. The van der Waals surface area contributed by atoms with Crippen LogP contribution in [-0.2, 0) is 28.4 Å². The molecule has 0 radical (unpaired) electrons. The molecule has 246 valence electrons. The summed E-state index contributed by atoms with van der Waals surface area (Å²) in [5, 5.41) is 63.2. The fourth-order valence-electron chi connectivity index (χ4n) is 6.10. The van der Waals surface area contributed by atoms with Gasteiger partial charge in [-0.15, -0.1) is 0 Å². The van der Waals surface area contributed by atoms with Crippen molar-refractivity contribution in [1.82, 2.24) is 0 Å². The van der Waals surface area contributed by atoms with Gasteiger partial charge in [0.25, 0.3) is 0 Å². The zero-order chi connectivity index (χ0) is 31.0. The summed E-state index contributed by atoms with van der Waals surface area (Å²) in [7, 11) is 0. The second kappa shape index (κ2) is 14.2. The average Bonchev–Trinajstić information content (AvgIpc) is 3.23. The normalized spacial score (nSPS) is 52.8. The summed E-state index contributed by atoms with van der Waals surface area (Å²) in [5.74, 6) is -0.721. The van der Waals surface area contributed by atoms with Crippen molar-refractivity contribution in [3.63, 3.8) is 0 Å². The van der Waals surface area contributed by atoms with Gasteiger partial charge in [-0.25, -0.2) is 0 Å². The lowest BCUT2D eigenvalue weighted by Gasteiger charge is -2.46. The topological polar surface area (TPSA) is 307 Å². The highest BCUT2D eigenvalue weighted by Crippen LogP contribution is 2.35. The van der Waals surface area contributed by atoms with Crippen LogP contribution in [0.5, 0.6) is 0 Å². The number of hydrogen-bond acceptors (Lipinski definition) is 17. The van der Waals surface area contributed by atoms with Gasteiger partial charge < -0.3 is 87.7 Å². The highest BCUT2D eigenvalue weighted by Gasteiger charge is 2.53. The van der Waals surface area contributed by atoms with E-state index >= 15 is 0 Å². The van der Waals surface area contributed by atoms with E-state index in [1.54, 1.807) is 13.8 Å². The van der Waals surface area contributed by atoms with Gasteiger partial charge in [0, 0.05) is 30.6 Å². The van der Waals surface area contributed by atoms with Crippen LogP contribution >= 0.6 is 0 Å². The van der Waals surface area contributed by atoms with Crippen LogP contribution in [0.2, 0.25) is 0 Å². The third kappa shape index (κ3) is 6.92. The van der Waals surface area contributed by atoms with Crippen molar-refractivity contribution < 1.29 is 59.1 Å². The molecule has 3 heterocycles. The summed E-state index contributed by atoms with van der Waals surface area (Å²) < 4.78 is 35.5. The molecule has 17 heteroatoms. The summed E-state index contributed by atoms with van der Waals surface area (Å²) in [6, 6.07) is -2.83. The predicted octanol–water partition coefficient (Wildman–Crippen LogP) is -6.17. The average molecular weight is 612 g/mol. The molecule has 0 bridgehead atoms. The Morgan fingerprint density at radius 3 is 1.95 bits per heavy atom. The molecule has 0 aromatic rings. The Hall–Kier alpha value is -0.680. The van der Waals surface area contributed by atoms with E-state index in [9.17, 15) is 30.6 Å². The molecule has 17 nitrogen and oxygen atoms in total. The molecule has 3 saturated heterocycles. The van der Waals surface area contributed by atoms with Crippen molar-refractivity contribution in [1.29, 1.82) is 0 Å². The maximum Gasteiger partial charge on any atom is 0.187 e. The monoisotopic (exact) mass is 611 g/mol. The summed E-state index contributed by atoms with van der Waals surface area (Å²) in [4.78, 5) is 0. The molecule has 4 fully saturated rings. The van der Waals surface area contributed by atoms with Crippen molar-refractivity contribution in [2.75, 3.05) is 13.2 Å². The Morgan fingerprint density at radius 2 is 1.33 bits per heavy atom. The van der Waals surface area contributed by atoms with E-state index in [2.05, 4.69) is 0 Å². The first-order chi connectivity index (χ1) is 19.8. The van der Waals surface area contributed by atoms with E-state index in [-0.39, 0.29) is 19.4 Å². The van der Waals surface area contributed by atoms with Crippen molar-refractivity contribution in [2.45, 2.75) is 137 Å². The largest absolute Gasteiger partial charge is 0.394 e. The van der Waals surface area contributed by atoms with Crippen LogP contribution in [0.25, 0.3) is 0 Å². The number of aliphatic hydroxyl groups is 6. The van der Waals surface area contributed by atoms with E-state index in [4.69, 9.17) is 57.1 Å². The Balaban J connectivity index is 1.49. The Kier molecular flexibility index (Phi) is 11.5. The van der Waals surface area contributed by atoms with Gasteiger partial charge in [-0.05, 0) is 19.8 Å². The molecule has 0 amide bonds. The first-order valence-corrected chi connectivity index (χ1v) is 14.4. The standard InChI is InChI=1S/C25H49N5O12/c1-7-15(33)17(35)13(5-26)37-23(7)41-21-14(6-31)38-25(18(21)36)42-22-16(34)9(28)3-10(29)20(22)40-24-11(30)4-12(32)19(39-24)8(2)27/h7-25,31-36H,3-6,26-30H2,1-2H3. The van der Waals surface area contributed by atoms with E-state index in [1.165, 1.54) is 0 Å². The minimum atomic E-state index is -1.51. The lowest BCUT2D eigenvalue weighted by Crippen LogP contribution is -2.66. The van der Waals surface area contributed by atoms with Crippen LogP contribution in [0.1, 0.15) is 26.7 Å². The molecule has 1 saturated carbocycles. The van der Waals surface area contributed by atoms with Gasteiger partial charge in [-0.3, -0.25) is 0 Å². The molecule has 0 spiro atoms. The molecular weight excluding hydrogens is 562 g/mol. The van der Waals surface area contributed by atoms with Gasteiger partial charge >= 0.3 is 0 Å². The molecule has 16 N–H and O–H groups in total. The Morgan fingerprint density at radius 1 is 0.714 bits per heavy atom. The first kappa shape index (κ1) is 34.2. The summed E-state index contributed by atoms with van der Waals surface area (Å²) in [6.07, 6.45) is -15.7. The minimum Gasteiger partial charge on any atom is -0.394 e. The lowest BCUT2D eigenvalue weighted by atomic mass is 9.84. The predicted molar refractivity (Wildman–Crippen MR) is 143 cm³/mol. The summed E-state index contributed by atoms with van der Waals surface area (Å²) >= 11 is 0. The zero-order valence-electron chi connectivity index (χ0n) is 23.8. The van der Waals surface area contributed by atoms with Crippen molar-refractivity contribution >= 4 is 0 Å². The quantitative estimate of drug-likeness (QED) is 0.115. The number of nitrogens with two attached hydrogens (primary N) is 5. The third-order valence-corrected chi connectivity index (χ3v) is 8.70. The van der Waals surface area contributed by atoms with Crippen LogP contribution < -0.4 is 28.7 Å². The third-order valence-electron chi connectivity index (χ3n) is 8.70. The van der Waals surface area contributed by atoms with Crippen LogP contribution in [0, 0.1) is 5.92 Å². The van der Waals surface area contributed by atoms with Crippen LogP contribution in [-0.4, -0.2) is 154 Å². The maximum absolute atomic E-state index is 11.2. The van der Waals surface area contributed by atoms with Crippen molar-refractivity contribution in [3.05, 3.63) is 0 Å². The van der Waals surface area contributed by atoms with E-state index in [0.29, 0.717) is 0 Å². The molecule has 1 aliphatic carbocycles. The number of rotatable bonds is 9. The van der Waals surface area contributed by atoms with Gasteiger partial charge in [0.15, 0.2) is 18.9 Å². The maximum atomic E-state index is 11.2. The molecule has 3 aliphatic heterocycles. The SMILES string of the molecule is CC(N)C1OC(OC2C(N)CC(N)C(O)C2OC2OC(CO)C(OC3OC(CN)C(O)C(O)C3C)C2O)C(N)CC1O. The van der Waals surface area contributed by atoms with Crippen molar-refractivity contribution in [3.8, 4) is 0 Å². The van der Waals surface area contributed by atoms with Gasteiger partial charge in [-0.1, -0.05) is 6.92 Å². The molecule has 19 unspecified atom stereocenters. The lowest BCUT2D eigenvalue weighted by molar-refractivity contribution is -0.300. The molecule has 42 heavy (non-hydrogen) atoms. The number of hydrogen-bond donors (Lipinski definition) is 11. The Bertz CT molecular complexity index is 865. The number of aliphatic hydroxyl groups excluding tert-OH is 6. The fourth-order valence-corrected chi connectivity index (χ4v) is 6.10. The molecule has 19 atom stereocenters.